The summed E-state index contributed by atoms with van der Waals surface area (Å²) in [4.78, 5) is 26.0. The van der Waals surface area contributed by atoms with Crippen LogP contribution in [0.1, 0.15) is 35.8 Å². The molecule has 0 saturated heterocycles. The van der Waals surface area contributed by atoms with E-state index in [0.717, 1.165) is 23.9 Å². The van der Waals surface area contributed by atoms with E-state index in [1.54, 1.807) is 42.5 Å². The van der Waals surface area contributed by atoms with Gasteiger partial charge < -0.3 is 21.1 Å². The minimum atomic E-state index is -0.837. The fraction of sp³-hybridized carbons (Fsp3) is 0.103. The zero-order chi connectivity index (χ0) is 27.5. The van der Waals surface area contributed by atoms with Gasteiger partial charge in [-0.15, -0.1) is 0 Å². The van der Waals surface area contributed by atoms with Gasteiger partial charge in [0.1, 0.15) is 29.5 Å². The summed E-state index contributed by atoms with van der Waals surface area (Å²) in [5.41, 5.74) is 8.13. The summed E-state index contributed by atoms with van der Waals surface area (Å²) in [7, 11) is 0. The van der Waals surface area contributed by atoms with Crippen LogP contribution in [0, 0.1) is 11.6 Å². The summed E-state index contributed by atoms with van der Waals surface area (Å²) in [6, 6.07) is 18.2. The molecule has 0 aliphatic carbocycles. The second-order valence-electron chi connectivity index (χ2n) is 9.07. The number of carbonyl (C=O) groups excluding carboxylic acids is 1. The lowest BCUT2D eigenvalue weighted by atomic mass is 10.1. The van der Waals surface area contributed by atoms with E-state index in [1.807, 2.05) is 26.0 Å². The van der Waals surface area contributed by atoms with Gasteiger partial charge in [0.15, 0.2) is 11.4 Å². The highest BCUT2D eigenvalue weighted by Gasteiger charge is 2.16. The van der Waals surface area contributed by atoms with Crippen LogP contribution in [0.15, 0.2) is 79.1 Å². The minimum Gasteiger partial charge on any atom is -0.455 e. The molecule has 0 aliphatic rings. The van der Waals surface area contributed by atoms with E-state index < -0.39 is 23.1 Å². The topological polar surface area (TPSA) is 115 Å². The molecule has 2 heterocycles. The summed E-state index contributed by atoms with van der Waals surface area (Å²) in [6.45, 7) is 4.09. The molecule has 0 bridgehead atoms. The van der Waals surface area contributed by atoms with E-state index in [1.165, 1.54) is 6.33 Å². The maximum Gasteiger partial charge on any atom is 0.258 e. The van der Waals surface area contributed by atoms with Crippen molar-refractivity contribution < 1.29 is 18.3 Å². The molecule has 4 N–H and O–H groups in total. The molecule has 0 spiro atoms. The third-order valence-electron chi connectivity index (χ3n) is 5.88. The largest absolute Gasteiger partial charge is 0.455 e. The minimum absolute atomic E-state index is 0.226. The number of fused-ring (bicyclic) bond motifs is 1. The summed E-state index contributed by atoms with van der Waals surface area (Å²) >= 11 is 0. The molecule has 8 nitrogen and oxygen atoms in total. The molecule has 1 amide bonds. The molecule has 0 aliphatic heterocycles. The number of ether oxygens (including phenoxy) is 1. The predicted molar refractivity (Wildman–Crippen MR) is 146 cm³/mol. The Kier molecular flexibility index (Phi) is 7.00. The van der Waals surface area contributed by atoms with Crippen molar-refractivity contribution >= 4 is 39.8 Å². The number of amides is 1. The van der Waals surface area contributed by atoms with Crippen LogP contribution in [0.5, 0.6) is 11.5 Å². The molecule has 2 aromatic heterocycles. The average Bonchev–Trinajstić information content (AvgIpc) is 2.92. The van der Waals surface area contributed by atoms with E-state index in [9.17, 15) is 13.6 Å². The molecule has 10 heteroatoms. The quantitative estimate of drug-likeness (QED) is 0.200. The third-order valence-corrected chi connectivity index (χ3v) is 5.88. The predicted octanol–water partition coefficient (Wildman–Crippen LogP) is 6.80. The first-order valence-corrected chi connectivity index (χ1v) is 12.1. The molecule has 3 aromatic carbocycles. The van der Waals surface area contributed by atoms with Gasteiger partial charge in [-0.1, -0.05) is 13.8 Å². The lowest BCUT2D eigenvalue weighted by Crippen LogP contribution is -2.14. The highest BCUT2D eigenvalue weighted by Crippen LogP contribution is 2.35. The van der Waals surface area contributed by atoms with Crippen molar-refractivity contribution in [1.29, 1.82) is 0 Å². The van der Waals surface area contributed by atoms with Crippen molar-refractivity contribution in [2.45, 2.75) is 19.8 Å². The van der Waals surface area contributed by atoms with Crippen LogP contribution in [0.4, 0.5) is 31.7 Å². The number of benzene rings is 3. The fourth-order valence-electron chi connectivity index (χ4n) is 3.83. The summed E-state index contributed by atoms with van der Waals surface area (Å²) in [5.74, 6) is -0.733. The molecule has 5 aromatic rings. The van der Waals surface area contributed by atoms with Crippen molar-refractivity contribution in [1.82, 2.24) is 15.0 Å². The highest BCUT2D eigenvalue weighted by atomic mass is 19.1. The summed E-state index contributed by atoms with van der Waals surface area (Å²) in [5, 5.41) is 6.53. The Balaban J connectivity index is 1.52. The number of pyridine rings is 1. The molecule has 0 radical (unpaired) electrons. The molecule has 0 atom stereocenters. The van der Waals surface area contributed by atoms with Crippen LogP contribution < -0.4 is 21.1 Å². The van der Waals surface area contributed by atoms with Crippen molar-refractivity contribution in [3.05, 3.63) is 102 Å². The lowest BCUT2D eigenvalue weighted by molar-refractivity contribution is 0.102. The number of anilines is 4. The first kappa shape index (κ1) is 25.5. The zero-order valence-electron chi connectivity index (χ0n) is 21.1. The summed E-state index contributed by atoms with van der Waals surface area (Å²) < 4.78 is 33.9. The van der Waals surface area contributed by atoms with Crippen LogP contribution in [-0.2, 0) is 0 Å². The Morgan fingerprint density at radius 3 is 2.51 bits per heavy atom. The van der Waals surface area contributed by atoms with Crippen molar-refractivity contribution in [2.24, 2.45) is 0 Å². The van der Waals surface area contributed by atoms with E-state index in [4.69, 9.17) is 10.5 Å². The van der Waals surface area contributed by atoms with Gasteiger partial charge in [-0.3, -0.25) is 4.79 Å². The lowest BCUT2D eigenvalue weighted by Gasteiger charge is -2.16. The zero-order valence-corrected chi connectivity index (χ0v) is 21.1. The number of nitrogen functional groups attached to an aromatic ring is 1. The Bertz CT molecular complexity index is 1680. The van der Waals surface area contributed by atoms with Gasteiger partial charge in [-0.2, -0.15) is 0 Å². The first-order valence-electron chi connectivity index (χ1n) is 12.1. The molecular formula is C29H24F2N6O2. The van der Waals surface area contributed by atoms with E-state index in [2.05, 4.69) is 25.6 Å². The number of hydrogen-bond donors (Lipinski definition) is 3. The van der Waals surface area contributed by atoms with Gasteiger partial charge in [-0.25, -0.2) is 23.7 Å². The Hall–Kier alpha value is -5.12. The van der Waals surface area contributed by atoms with Crippen molar-refractivity contribution in [3.8, 4) is 11.5 Å². The summed E-state index contributed by atoms with van der Waals surface area (Å²) in [6.07, 6.45) is 1.40. The number of aromatic nitrogens is 3. The number of nitrogens with one attached hydrogen (secondary N) is 2. The van der Waals surface area contributed by atoms with Crippen molar-refractivity contribution in [2.75, 3.05) is 16.4 Å². The number of rotatable bonds is 7. The molecule has 196 valence electrons. The molecular weight excluding hydrogens is 502 g/mol. The maximum atomic E-state index is 14.2. The Labute approximate surface area is 222 Å². The van der Waals surface area contributed by atoms with Crippen LogP contribution in [0.25, 0.3) is 11.0 Å². The second kappa shape index (κ2) is 10.7. The van der Waals surface area contributed by atoms with E-state index >= 15 is 0 Å². The number of nitrogens with zero attached hydrogens (tertiary/aromatic N) is 3. The molecule has 0 saturated carbocycles. The van der Waals surface area contributed by atoms with E-state index in [0.29, 0.717) is 45.4 Å². The van der Waals surface area contributed by atoms with Gasteiger partial charge in [0.05, 0.1) is 16.6 Å². The first-order chi connectivity index (χ1) is 18.8. The van der Waals surface area contributed by atoms with Crippen molar-refractivity contribution in [3.63, 3.8) is 0 Å². The normalized spacial score (nSPS) is 11.0. The maximum absolute atomic E-state index is 14.2. The molecule has 5 rings (SSSR count). The van der Waals surface area contributed by atoms with Crippen LogP contribution in [0.2, 0.25) is 0 Å². The van der Waals surface area contributed by atoms with Crippen LogP contribution in [0.3, 0.4) is 0 Å². The van der Waals surface area contributed by atoms with E-state index in [-0.39, 0.29) is 5.92 Å². The van der Waals surface area contributed by atoms with Gasteiger partial charge >= 0.3 is 0 Å². The molecule has 0 fully saturated rings. The fourth-order valence-corrected chi connectivity index (χ4v) is 3.83. The second-order valence-corrected chi connectivity index (χ2v) is 9.07. The van der Waals surface area contributed by atoms with Crippen LogP contribution >= 0.6 is 0 Å². The molecule has 0 unspecified atom stereocenters. The van der Waals surface area contributed by atoms with Crippen LogP contribution in [-0.4, -0.2) is 20.9 Å². The Morgan fingerprint density at radius 2 is 1.74 bits per heavy atom. The van der Waals surface area contributed by atoms with Gasteiger partial charge in [0, 0.05) is 17.1 Å². The van der Waals surface area contributed by atoms with Gasteiger partial charge in [0.2, 0.25) is 0 Å². The van der Waals surface area contributed by atoms with Gasteiger partial charge in [0.25, 0.3) is 5.91 Å². The third kappa shape index (κ3) is 5.74. The highest BCUT2D eigenvalue weighted by molar-refractivity contribution is 6.05. The SMILES string of the molecule is CC(C)c1ccc2c(Nc3cc(NC(=O)c4cc(F)ccc4F)ccc3Oc3ccc(N)cc3)ncnc2n1. The number of hydrogen-bond acceptors (Lipinski definition) is 7. The number of carbonyl (C=O) groups is 1. The monoisotopic (exact) mass is 526 g/mol. The number of nitrogens with two attached hydrogens (primary N) is 1. The van der Waals surface area contributed by atoms with Gasteiger partial charge in [-0.05, 0) is 78.7 Å². The smallest absolute Gasteiger partial charge is 0.258 e. The molecule has 39 heavy (non-hydrogen) atoms. The Morgan fingerprint density at radius 1 is 0.949 bits per heavy atom. The number of halogens is 2. The standard InChI is InChI=1S/C29H24F2N6O2/c1-16(2)24-11-9-21-27(36-24)33-15-34-28(21)37-25-14-19(35-29(38)22-13-17(30)3-10-23(22)31)6-12-26(25)39-20-7-4-18(32)5-8-20/h3-16H,32H2,1-2H3,(H,35,38)(H,33,34,36,37). The average molecular weight is 527 g/mol.